The topological polar surface area (TPSA) is 78.4 Å². The van der Waals surface area contributed by atoms with Crippen molar-refractivity contribution in [1.82, 2.24) is 9.97 Å². The van der Waals surface area contributed by atoms with Gasteiger partial charge in [0.15, 0.2) is 0 Å². The van der Waals surface area contributed by atoms with Gasteiger partial charge in [0.1, 0.15) is 16.4 Å². The van der Waals surface area contributed by atoms with Gasteiger partial charge in [-0.1, -0.05) is 60.7 Å². The first-order valence-electron chi connectivity index (χ1n) is 8.82. The molecular weight excluding hydrogens is 372 g/mol. The first kappa shape index (κ1) is 19.7. The van der Waals surface area contributed by atoms with Gasteiger partial charge in [-0.3, -0.25) is 0 Å². The standard InChI is InChI=1S/C21H22N4O2S/c1-25(2)21-23-18(22-13-15-9-5-3-6-10-15)17(20(26)27)19(24-21)28-14-16-11-7-4-8-12-16/h3-12H,13-14H2,1-2H3,(H,26,27)(H,22,23,24). The number of nitrogens with zero attached hydrogens (tertiary/aromatic N) is 3. The molecule has 3 rings (SSSR count). The van der Waals surface area contributed by atoms with Crippen molar-refractivity contribution in [2.75, 3.05) is 24.3 Å². The van der Waals surface area contributed by atoms with Crippen LogP contribution >= 0.6 is 11.8 Å². The Morgan fingerprint density at radius 3 is 2.18 bits per heavy atom. The van der Waals surface area contributed by atoms with Gasteiger partial charge in [0.25, 0.3) is 0 Å². The summed E-state index contributed by atoms with van der Waals surface area (Å²) in [7, 11) is 3.67. The minimum Gasteiger partial charge on any atom is -0.477 e. The Morgan fingerprint density at radius 1 is 1.00 bits per heavy atom. The van der Waals surface area contributed by atoms with Crippen LogP contribution in [-0.4, -0.2) is 35.1 Å². The molecule has 0 aliphatic rings. The highest BCUT2D eigenvalue weighted by Gasteiger charge is 2.21. The molecule has 1 aromatic heterocycles. The summed E-state index contributed by atoms with van der Waals surface area (Å²) in [5.41, 5.74) is 2.25. The van der Waals surface area contributed by atoms with Crippen LogP contribution < -0.4 is 10.2 Å². The third-order valence-electron chi connectivity index (χ3n) is 4.00. The lowest BCUT2D eigenvalue weighted by molar-refractivity contribution is 0.0693. The molecule has 0 radical (unpaired) electrons. The summed E-state index contributed by atoms with van der Waals surface area (Å²) < 4.78 is 0. The number of nitrogens with one attached hydrogen (secondary N) is 1. The van der Waals surface area contributed by atoms with Crippen LogP contribution in [0.4, 0.5) is 11.8 Å². The third-order valence-corrected chi connectivity index (χ3v) is 5.05. The molecular formula is C21H22N4O2S. The Hall–Kier alpha value is -3.06. The SMILES string of the molecule is CN(C)c1nc(NCc2ccccc2)c(C(=O)O)c(SCc2ccccc2)n1. The maximum atomic E-state index is 12.0. The Bertz CT molecular complexity index is 869. The molecule has 3 aromatic rings. The number of benzene rings is 2. The minimum atomic E-state index is -1.04. The number of hydrogen-bond donors (Lipinski definition) is 2. The van der Waals surface area contributed by atoms with E-state index in [1.54, 1.807) is 4.90 Å². The van der Waals surface area contributed by atoms with E-state index < -0.39 is 5.97 Å². The lowest BCUT2D eigenvalue weighted by Crippen LogP contribution is -2.18. The predicted octanol–water partition coefficient (Wildman–Crippen LogP) is 4.15. The second-order valence-electron chi connectivity index (χ2n) is 6.37. The molecule has 0 aliphatic heterocycles. The number of carboxylic acids is 1. The lowest BCUT2D eigenvalue weighted by atomic mass is 10.2. The summed E-state index contributed by atoms with van der Waals surface area (Å²) in [6, 6.07) is 19.7. The molecule has 0 amide bonds. The molecule has 0 bridgehead atoms. The van der Waals surface area contributed by atoms with Crippen LogP contribution in [0.2, 0.25) is 0 Å². The first-order valence-corrected chi connectivity index (χ1v) is 9.80. The van der Waals surface area contributed by atoms with Gasteiger partial charge in [0, 0.05) is 26.4 Å². The molecule has 0 saturated carbocycles. The minimum absolute atomic E-state index is 0.0995. The maximum absolute atomic E-state index is 12.0. The fourth-order valence-corrected chi connectivity index (χ4v) is 3.53. The van der Waals surface area contributed by atoms with Crippen LogP contribution in [0.25, 0.3) is 0 Å². The van der Waals surface area contributed by atoms with Gasteiger partial charge >= 0.3 is 5.97 Å². The summed E-state index contributed by atoms with van der Waals surface area (Å²) in [5, 5.41) is 13.4. The molecule has 2 N–H and O–H groups in total. The van der Waals surface area contributed by atoms with Gasteiger partial charge in [-0.25, -0.2) is 9.78 Å². The van der Waals surface area contributed by atoms with Crippen molar-refractivity contribution in [3.05, 3.63) is 77.4 Å². The van der Waals surface area contributed by atoms with E-state index in [1.807, 2.05) is 74.8 Å². The zero-order chi connectivity index (χ0) is 19.9. The van der Waals surface area contributed by atoms with Crippen LogP contribution in [0.15, 0.2) is 65.7 Å². The van der Waals surface area contributed by atoms with Crippen molar-refractivity contribution in [1.29, 1.82) is 0 Å². The van der Waals surface area contributed by atoms with Gasteiger partial charge in [0.05, 0.1) is 0 Å². The average molecular weight is 395 g/mol. The van der Waals surface area contributed by atoms with Crippen LogP contribution in [-0.2, 0) is 12.3 Å². The molecule has 0 fully saturated rings. The van der Waals surface area contributed by atoms with E-state index in [-0.39, 0.29) is 5.56 Å². The third kappa shape index (κ3) is 5.01. The molecule has 0 atom stereocenters. The number of carboxylic acid groups (broad SMARTS) is 1. The van der Waals surface area contributed by atoms with E-state index in [2.05, 4.69) is 15.3 Å². The molecule has 0 aliphatic carbocycles. The van der Waals surface area contributed by atoms with Crippen LogP contribution in [0.1, 0.15) is 21.5 Å². The number of aromatic nitrogens is 2. The second kappa shape index (κ2) is 9.23. The molecule has 0 saturated heterocycles. The molecule has 2 aromatic carbocycles. The number of aromatic carboxylic acids is 1. The van der Waals surface area contributed by atoms with Gasteiger partial charge in [-0.15, -0.1) is 11.8 Å². The van der Waals surface area contributed by atoms with Gasteiger partial charge < -0.3 is 15.3 Å². The van der Waals surface area contributed by atoms with Gasteiger partial charge in [0.2, 0.25) is 5.95 Å². The molecule has 144 valence electrons. The van der Waals surface area contributed by atoms with Crippen molar-refractivity contribution >= 4 is 29.5 Å². The fraction of sp³-hybridized carbons (Fsp3) is 0.190. The fourth-order valence-electron chi connectivity index (χ4n) is 2.56. The Kier molecular flexibility index (Phi) is 6.49. The number of carbonyl (C=O) groups is 1. The highest BCUT2D eigenvalue weighted by Crippen LogP contribution is 2.30. The number of thioether (sulfide) groups is 1. The van der Waals surface area contributed by atoms with Crippen LogP contribution in [0, 0.1) is 0 Å². The molecule has 28 heavy (non-hydrogen) atoms. The number of rotatable bonds is 8. The molecule has 0 spiro atoms. The molecule has 0 unspecified atom stereocenters. The van der Waals surface area contributed by atoms with Crippen molar-refractivity contribution in [2.24, 2.45) is 0 Å². The number of anilines is 2. The second-order valence-corrected chi connectivity index (χ2v) is 7.33. The van der Waals surface area contributed by atoms with E-state index >= 15 is 0 Å². The zero-order valence-electron chi connectivity index (χ0n) is 15.8. The van der Waals surface area contributed by atoms with Crippen LogP contribution in [0.5, 0.6) is 0 Å². The normalized spacial score (nSPS) is 10.5. The summed E-state index contributed by atoms with van der Waals surface area (Å²) >= 11 is 1.40. The van der Waals surface area contributed by atoms with E-state index in [0.717, 1.165) is 11.1 Å². The Morgan fingerprint density at radius 2 is 1.61 bits per heavy atom. The van der Waals surface area contributed by atoms with Crippen LogP contribution in [0.3, 0.4) is 0 Å². The Balaban J connectivity index is 1.92. The Labute approximate surface area is 168 Å². The van der Waals surface area contributed by atoms with Gasteiger partial charge in [-0.2, -0.15) is 4.98 Å². The quantitative estimate of drug-likeness (QED) is 0.439. The van der Waals surface area contributed by atoms with E-state index in [0.29, 0.717) is 29.1 Å². The van der Waals surface area contributed by atoms with E-state index in [9.17, 15) is 9.90 Å². The highest BCUT2D eigenvalue weighted by atomic mass is 32.2. The van der Waals surface area contributed by atoms with E-state index in [1.165, 1.54) is 11.8 Å². The van der Waals surface area contributed by atoms with E-state index in [4.69, 9.17) is 0 Å². The van der Waals surface area contributed by atoms with Crippen molar-refractivity contribution < 1.29 is 9.90 Å². The molecule has 1 heterocycles. The zero-order valence-corrected chi connectivity index (χ0v) is 16.6. The monoisotopic (exact) mass is 394 g/mol. The summed E-state index contributed by atoms with van der Waals surface area (Å²) in [6.45, 7) is 0.480. The summed E-state index contributed by atoms with van der Waals surface area (Å²) in [6.07, 6.45) is 0. The van der Waals surface area contributed by atoms with Gasteiger partial charge in [-0.05, 0) is 11.1 Å². The van der Waals surface area contributed by atoms with Crippen molar-refractivity contribution in [3.8, 4) is 0 Å². The molecule has 6 nitrogen and oxygen atoms in total. The smallest absolute Gasteiger partial charge is 0.342 e. The largest absolute Gasteiger partial charge is 0.477 e. The van der Waals surface area contributed by atoms with Crippen molar-refractivity contribution in [2.45, 2.75) is 17.3 Å². The molecule has 7 heteroatoms. The summed E-state index contributed by atoms with van der Waals surface area (Å²) in [5.74, 6) is 0.376. The maximum Gasteiger partial charge on any atom is 0.342 e. The summed E-state index contributed by atoms with van der Waals surface area (Å²) in [4.78, 5) is 22.7. The lowest BCUT2D eigenvalue weighted by Gasteiger charge is -2.17. The first-order chi connectivity index (χ1) is 13.5. The number of hydrogen-bond acceptors (Lipinski definition) is 6. The highest BCUT2D eigenvalue weighted by molar-refractivity contribution is 7.98. The van der Waals surface area contributed by atoms with Crippen molar-refractivity contribution in [3.63, 3.8) is 0 Å². The average Bonchev–Trinajstić information content (AvgIpc) is 2.71. The predicted molar refractivity (Wildman–Crippen MR) is 113 cm³/mol.